The maximum Gasteiger partial charge on any atom is 0.230 e. The number of nitrogens with zero attached hydrogens (tertiary/aromatic N) is 1. The van der Waals surface area contributed by atoms with Crippen molar-refractivity contribution < 1.29 is 9.21 Å². The van der Waals surface area contributed by atoms with Crippen LogP contribution in [0.3, 0.4) is 0 Å². The molecule has 3 aromatic rings. The van der Waals surface area contributed by atoms with Crippen LogP contribution in [0.4, 0.5) is 0 Å². The van der Waals surface area contributed by atoms with Gasteiger partial charge in [-0.1, -0.05) is 30.8 Å². The van der Waals surface area contributed by atoms with E-state index in [0.717, 1.165) is 28.1 Å². The molecule has 0 fully saturated rings. The van der Waals surface area contributed by atoms with E-state index in [2.05, 4.69) is 44.3 Å². The predicted molar refractivity (Wildman–Crippen MR) is 102 cm³/mol. The highest BCUT2D eigenvalue weighted by molar-refractivity contribution is 7.99. The number of fused-ring (bicyclic) bond motifs is 1. The molecule has 3 rings (SSSR count). The first-order valence-corrected chi connectivity index (χ1v) is 9.38. The second-order valence-corrected chi connectivity index (χ2v) is 6.99. The summed E-state index contributed by atoms with van der Waals surface area (Å²) in [7, 11) is 0. The fraction of sp³-hybridized carbons (Fsp3) is 0.300. The van der Waals surface area contributed by atoms with E-state index in [1.165, 1.54) is 28.5 Å². The minimum absolute atomic E-state index is 0.0219. The zero-order valence-electron chi connectivity index (χ0n) is 14.8. The number of benzene rings is 1. The molecule has 0 aliphatic heterocycles. The summed E-state index contributed by atoms with van der Waals surface area (Å²) in [6.07, 6.45) is 2.50. The zero-order valence-corrected chi connectivity index (χ0v) is 15.6. The summed E-state index contributed by atoms with van der Waals surface area (Å²) in [5.74, 6) is 1.07. The molecule has 0 aliphatic carbocycles. The van der Waals surface area contributed by atoms with E-state index in [0.29, 0.717) is 12.3 Å². The number of carbonyl (C=O) groups is 1. The Kier molecular flexibility index (Phi) is 5.43. The fourth-order valence-electron chi connectivity index (χ4n) is 2.67. The SMILES string of the molecule is CCc1cc2ccc(C)c(C)c2nc1SCC(=O)NCc1ccco1. The minimum Gasteiger partial charge on any atom is -0.467 e. The van der Waals surface area contributed by atoms with Gasteiger partial charge in [0, 0.05) is 5.39 Å². The van der Waals surface area contributed by atoms with Crippen molar-refractivity contribution in [3.05, 3.63) is 59.0 Å². The first kappa shape index (κ1) is 17.5. The molecular weight excluding hydrogens is 332 g/mol. The van der Waals surface area contributed by atoms with Crippen LogP contribution >= 0.6 is 11.8 Å². The molecule has 0 radical (unpaired) electrons. The van der Waals surface area contributed by atoms with Gasteiger partial charge in [-0.3, -0.25) is 4.79 Å². The van der Waals surface area contributed by atoms with Crippen molar-refractivity contribution in [1.29, 1.82) is 0 Å². The van der Waals surface area contributed by atoms with E-state index in [1.807, 2.05) is 12.1 Å². The Hall–Kier alpha value is -2.27. The number of aryl methyl sites for hydroxylation is 3. The topological polar surface area (TPSA) is 55.1 Å². The van der Waals surface area contributed by atoms with Gasteiger partial charge >= 0.3 is 0 Å². The third-order valence-corrected chi connectivity index (χ3v) is 5.35. The number of furan rings is 1. The molecule has 0 saturated heterocycles. The molecule has 130 valence electrons. The molecule has 4 nitrogen and oxygen atoms in total. The largest absolute Gasteiger partial charge is 0.467 e. The third kappa shape index (κ3) is 4.04. The number of pyridine rings is 1. The minimum atomic E-state index is -0.0219. The van der Waals surface area contributed by atoms with Crippen molar-refractivity contribution >= 4 is 28.6 Å². The van der Waals surface area contributed by atoms with Gasteiger partial charge in [0.15, 0.2) is 0 Å². The van der Waals surface area contributed by atoms with E-state index in [9.17, 15) is 4.79 Å². The number of rotatable bonds is 6. The van der Waals surface area contributed by atoms with Crippen LogP contribution < -0.4 is 5.32 Å². The lowest BCUT2D eigenvalue weighted by Crippen LogP contribution is -2.24. The van der Waals surface area contributed by atoms with Gasteiger partial charge in [-0.25, -0.2) is 4.98 Å². The van der Waals surface area contributed by atoms with E-state index < -0.39 is 0 Å². The Morgan fingerprint density at radius 1 is 1.28 bits per heavy atom. The van der Waals surface area contributed by atoms with Crippen LogP contribution in [-0.4, -0.2) is 16.6 Å². The molecule has 1 amide bonds. The third-order valence-electron chi connectivity index (χ3n) is 4.31. The fourth-order valence-corrected chi connectivity index (χ4v) is 3.59. The van der Waals surface area contributed by atoms with Gasteiger partial charge in [0.1, 0.15) is 10.8 Å². The standard InChI is InChI=1S/C20H22N2O2S/c1-4-15-10-16-8-7-13(2)14(3)19(16)22-20(15)25-12-18(23)21-11-17-6-5-9-24-17/h5-10H,4,11-12H2,1-3H3,(H,21,23). The van der Waals surface area contributed by atoms with Crippen LogP contribution in [0, 0.1) is 13.8 Å². The molecule has 0 atom stereocenters. The number of aromatic nitrogens is 1. The summed E-state index contributed by atoms with van der Waals surface area (Å²) in [6, 6.07) is 10.1. The highest BCUT2D eigenvalue weighted by atomic mass is 32.2. The number of hydrogen-bond acceptors (Lipinski definition) is 4. The number of nitrogens with one attached hydrogen (secondary N) is 1. The molecule has 0 unspecified atom stereocenters. The Balaban J connectivity index is 1.73. The van der Waals surface area contributed by atoms with Crippen LogP contribution in [0.15, 0.2) is 46.0 Å². The van der Waals surface area contributed by atoms with Gasteiger partial charge in [0.25, 0.3) is 0 Å². The summed E-state index contributed by atoms with van der Waals surface area (Å²) in [5.41, 5.74) is 4.64. The van der Waals surface area contributed by atoms with Crippen molar-refractivity contribution in [1.82, 2.24) is 10.3 Å². The maximum atomic E-state index is 12.1. The first-order chi connectivity index (χ1) is 12.1. The summed E-state index contributed by atoms with van der Waals surface area (Å²) in [5, 5.41) is 4.97. The highest BCUT2D eigenvalue weighted by Gasteiger charge is 2.11. The number of carbonyl (C=O) groups excluding carboxylic acids is 1. The van der Waals surface area contributed by atoms with Gasteiger partial charge in [0.05, 0.1) is 24.1 Å². The van der Waals surface area contributed by atoms with Gasteiger partial charge in [-0.05, 0) is 55.2 Å². The summed E-state index contributed by atoms with van der Waals surface area (Å²) in [4.78, 5) is 16.9. The quantitative estimate of drug-likeness (QED) is 0.666. The number of thioether (sulfide) groups is 1. The smallest absolute Gasteiger partial charge is 0.230 e. The normalized spacial score (nSPS) is 11.0. The predicted octanol–water partition coefficient (Wildman–Crippen LogP) is 4.42. The first-order valence-electron chi connectivity index (χ1n) is 8.40. The van der Waals surface area contributed by atoms with Crippen molar-refractivity contribution in [2.45, 2.75) is 38.8 Å². The Morgan fingerprint density at radius 2 is 2.12 bits per heavy atom. The van der Waals surface area contributed by atoms with Crippen molar-refractivity contribution in [3.63, 3.8) is 0 Å². The lowest BCUT2D eigenvalue weighted by molar-refractivity contribution is -0.118. The highest BCUT2D eigenvalue weighted by Crippen LogP contribution is 2.28. The van der Waals surface area contributed by atoms with Crippen molar-refractivity contribution in [2.24, 2.45) is 0 Å². The van der Waals surface area contributed by atoms with Gasteiger partial charge in [0.2, 0.25) is 5.91 Å². The van der Waals surface area contributed by atoms with E-state index in [4.69, 9.17) is 9.40 Å². The Bertz CT molecular complexity index is 888. The number of hydrogen-bond donors (Lipinski definition) is 1. The van der Waals surface area contributed by atoms with Crippen molar-refractivity contribution in [3.8, 4) is 0 Å². The molecule has 0 spiro atoms. The van der Waals surface area contributed by atoms with E-state index in [1.54, 1.807) is 6.26 Å². The van der Waals surface area contributed by atoms with Gasteiger partial charge < -0.3 is 9.73 Å². The summed E-state index contributed by atoms with van der Waals surface area (Å²) < 4.78 is 5.22. The van der Waals surface area contributed by atoms with Crippen LogP contribution in [0.1, 0.15) is 29.4 Å². The second kappa shape index (κ2) is 7.74. The molecule has 1 aromatic carbocycles. The average Bonchev–Trinajstić information content (AvgIpc) is 3.14. The van der Waals surface area contributed by atoms with E-state index in [-0.39, 0.29) is 5.91 Å². The average molecular weight is 354 g/mol. The molecule has 1 N–H and O–H groups in total. The maximum absolute atomic E-state index is 12.1. The monoisotopic (exact) mass is 354 g/mol. The van der Waals surface area contributed by atoms with Crippen molar-refractivity contribution in [2.75, 3.05) is 5.75 Å². The molecule has 2 aromatic heterocycles. The molecule has 0 aliphatic rings. The van der Waals surface area contributed by atoms with Gasteiger partial charge in [-0.15, -0.1) is 0 Å². The van der Waals surface area contributed by atoms with Crippen LogP contribution in [0.5, 0.6) is 0 Å². The molecular formula is C20H22N2O2S. The van der Waals surface area contributed by atoms with Crippen LogP contribution in [0.25, 0.3) is 10.9 Å². The Labute approximate surface area is 152 Å². The van der Waals surface area contributed by atoms with E-state index >= 15 is 0 Å². The molecule has 25 heavy (non-hydrogen) atoms. The lowest BCUT2D eigenvalue weighted by Gasteiger charge is -2.11. The molecule has 2 heterocycles. The summed E-state index contributed by atoms with van der Waals surface area (Å²) >= 11 is 1.49. The van der Waals surface area contributed by atoms with Crippen LogP contribution in [0.2, 0.25) is 0 Å². The Morgan fingerprint density at radius 3 is 2.84 bits per heavy atom. The lowest BCUT2D eigenvalue weighted by atomic mass is 10.0. The van der Waals surface area contributed by atoms with Gasteiger partial charge in [-0.2, -0.15) is 0 Å². The second-order valence-electron chi connectivity index (χ2n) is 6.03. The molecule has 0 saturated carbocycles. The zero-order chi connectivity index (χ0) is 17.8. The molecule has 0 bridgehead atoms. The number of amides is 1. The van der Waals surface area contributed by atoms with Crippen LogP contribution in [-0.2, 0) is 17.8 Å². The summed E-state index contributed by atoms with van der Waals surface area (Å²) in [6.45, 7) is 6.72. The molecule has 5 heteroatoms.